The summed E-state index contributed by atoms with van der Waals surface area (Å²) in [6.07, 6.45) is 1.86. The first-order valence-electron chi connectivity index (χ1n) is 11.9. The number of nitrogens with one attached hydrogen (secondary N) is 3. The van der Waals surface area contributed by atoms with Gasteiger partial charge in [0.05, 0.1) is 6.61 Å². The smallest absolute Gasteiger partial charge is 0.407 e. The lowest BCUT2D eigenvalue weighted by Gasteiger charge is -2.19. The molecule has 0 bridgehead atoms. The lowest BCUT2D eigenvalue weighted by Crippen LogP contribution is -2.33. The average Bonchev–Trinajstić information content (AvgIpc) is 2.62. The second-order valence-electron chi connectivity index (χ2n) is 10.4. The van der Waals surface area contributed by atoms with Crippen molar-refractivity contribution < 1.29 is 33.7 Å². The summed E-state index contributed by atoms with van der Waals surface area (Å²) in [5.74, 6) is 0. The van der Waals surface area contributed by atoms with Gasteiger partial charge in [0, 0.05) is 19.6 Å². The van der Waals surface area contributed by atoms with Crippen molar-refractivity contribution in [2.24, 2.45) is 0 Å². The van der Waals surface area contributed by atoms with Gasteiger partial charge in [-0.05, 0) is 75.2 Å². The van der Waals surface area contributed by atoms with Crippen molar-refractivity contribution >= 4 is 18.3 Å². The number of carbonyl (C=O) groups excluding carboxylic acids is 3. The van der Waals surface area contributed by atoms with E-state index in [1.165, 1.54) is 0 Å². The molecule has 0 aromatic heterocycles. The normalized spacial score (nSPS) is 10.9. The molecule has 0 unspecified atom stereocenters. The summed E-state index contributed by atoms with van der Waals surface area (Å²) >= 11 is 0. The van der Waals surface area contributed by atoms with Crippen LogP contribution in [0.1, 0.15) is 95.4 Å². The Morgan fingerprint density at radius 1 is 0.588 bits per heavy atom. The van der Waals surface area contributed by atoms with Crippen LogP contribution in [0.4, 0.5) is 14.4 Å². The average molecular weight is 494 g/mol. The van der Waals surface area contributed by atoms with Crippen molar-refractivity contribution in [3.8, 4) is 0 Å². The van der Waals surface area contributed by atoms with Gasteiger partial charge in [0.1, 0.15) is 16.8 Å². The highest BCUT2D eigenvalue weighted by Gasteiger charge is 2.16. The topological polar surface area (TPSA) is 135 Å². The van der Waals surface area contributed by atoms with Crippen LogP contribution in [-0.2, 0) is 14.2 Å². The number of unbranched alkanes of at least 4 members (excludes halogenated alkanes) is 1. The number of aliphatic hydroxyl groups is 1. The molecule has 34 heavy (non-hydrogen) atoms. The highest BCUT2D eigenvalue weighted by molar-refractivity contribution is 5.68. The molecular weight excluding hydrogens is 442 g/mol. The Kier molecular flexibility index (Phi) is 20.4. The highest BCUT2D eigenvalue weighted by Crippen LogP contribution is 2.07. The first-order valence-corrected chi connectivity index (χ1v) is 11.9. The maximum Gasteiger partial charge on any atom is 0.407 e. The standard InChI is InChI=1S/C9H19NO2.C8H17NO2.C7H15NO3/c1-5-6-7-10-8(11)12-9(2,3)4;1-5-6-9-7(10)11-8(2,3)4;1-7(2,3)11-6(10)8-4-5-9/h5-7H2,1-4H3,(H,10,11);5-6H2,1-4H3,(H,9,10);9H,4-5H2,1-3H3,(H,8,10). The van der Waals surface area contributed by atoms with Gasteiger partial charge in [-0.2, -0.15) is 0 Å². The van der Waals surface area contributed by atoms with Crippen LogP contribution in [0.25, 0.3) is 0 Å². The Balaban J connectivity index is -0.000000425. The summed E-state index contributed by atoms with van der Waals surface area (Å²) in [6.45, 7) is 22.1. The molecule has 0 saturated carbocycles. The van der Waals surface area contributed by atoms with Crippen LogP contribution in [-0.4, -0.2) is 66.4 Å². The Hall–Kier alpha value is -2.23. The Labute approximate surface area is 206 Å². The van der Waals surface area contributed by atoms with Gasteiger partial charge in [0.25, 0.3) is 0 Å². The first-order chi connectivity index (χ1) is 15.4. The maximum atomic E-state index is 11.0. The number of carbonyl (C=O) groups is 3. The van der Waals surface area contributed by atoms with Crippen LogP contribution in [0.3, 0.4) is 0 Å². The fourth-order valence-corrected chi connectivity index (χ4v) is 1.69. The summed E-state index contributed by atoms with van der Waals surface area (Å²) in [6, 6.07) is 0. The molecule has 0 aromatic carbocycles. The minimum absolute atomic E-state index is 0.0702. The van der Waals surface area contributed by atoms with Crippen LogP contribution in [0.5, 0.6) is 0 Å². The highest BCUT2D eigenvalue weighted by atomic mass is 16.6. The van der Waals surface area contributed by atoms with Gasteiger partial charge in [-0.3, -0.25) is 0 Å². The summed E-state index contributed by atoms with van der Waals surface area (Å²) in [7, 11) is 0. The van der Waals surface area contributed by atoms with E-state index in [0.717, 1.165) is 19.3 Å². The van der Waals surface area contributed by atoms with E-state index in [9.17, 15) is 14.4 Å². The molecule has 0 aliphatic rings. The molecule has 0 heterocycles. The molecule has 0 atom stereocenters. The lowest BCUT2D eigenvalue weighted by molar-refractivity contribution is 0.0509. The lowest BCUT2D eigenvalue weighted by atomic mass is 10.2. The Bertz CT molecular complexity index is 516. The summed E-state index contributed by atoms with van der Waals surface area (Å²) in [4.78, 5) is 32.7. The number of hydrogen-bond donors (Lipinski definition) is 4. The molecule has 3 amide bonds. The van der Waals surface area contributed by atoms with Crippen LogP contribution >= 0.6 is 0 Å². The van der Waals surface area contributed by atoms with Crippen LogP contribution in [0.15, 0.2) is 0 Å². The number of hydrogen-bond acceptors (Lipinski definition) is 7. The van der Waals surface area contributed by atoms with E-state index in [-0.39, 0.29) is 25.3 Å². The molecule has 0 aromatic rings. The van der Waals surface area contributed by atoms with Crippen molar-refractivity contribution in [3.63, 3.8) is 0 Å². The van der Waals surface area contributed by atoms with Crippen LogP contribution in [0, 0.1) is 0 Å². The molecule has 4 N–H and O–H groups in total. The van der Waals surface area contributed by atoms with Gasteiger partial charge < -0.3 is 35.3 Å². The SMILES string of the molecule is CC(C)(C)OC(=O)NCCO.CCCCNC(=O)OC(C)(C)C.CCCNC(=O)OC(C)(C)C. The van der Waals surface area contributed by atoms with E-state index in [0.29, 0.717) is 13.1 Å². The van der Waals surface area contributed by atoms with E-state index in [4.69, 9.17) is 19.3 Å². The van der Waals surface area contributed by atoms with Crippen molar-refractivity contribution in [3.05, 3.63) is 0 Å². The third kappa shape index (κ3) is 37.1. The van der Waals surface area contributed by atoms with Gasteiger partial charge >= 0.3 is 18.3 Å². The van der Waals surface area contributed by atoms with Crippen LogP contribution < -0.4 is 16.0 Å². The summed E-state index contributed by atoms with van der Waals surface area (Å²) < 4.78 is 14.9. The van der Waals surface area contributed by atoms with Gasteiger partial charge in [0.2, 0.25) is 0 Å². The van der Waals surface area contributed by atoms with Crippen LogP contribution in [0.2, 0.25) is 0 Å². The Morgan fingerprint density at radius 3 is 1.18 bits per heavy atom. The molecule has 10 heteroatoms. The number of rotatable bonds is 7. The van der Waals surface area contributed by atoms with Gasteiger partial charge in [-0.1, -0.05) is 20.3 Å². The third-order valence-electron chi connectivity index (χ3n) is 2.90. The second-order valence-corrected chi connectivity index (χ2v) is 10.4. The van der Waals surface area contributed by atoms with Crippen molar-refractivity contribution in [2.75, 3.05) is 26.2 Å². The molecule has 0 rings (SSSR count). The van der Waals surface area contributed by atoms with E-state index >= 15 is 0 Å². The molecule has 204 valence electrons. The summed E-state index contributed by atoms with van der Waals surface area (Å²) in [5, 5.41) is 16.0. The van der Waals surface area contributed by atoms with E-state index in [1.807, 2.05) is 48.5 Å². The van der Waals surface area contributed by atoms with Crippen molar-refractivity contribution in [1.29, 1.82) is 0 Å². The molecule has 10 nitrogen and oxygen atoms in total. The predicted octanol–water partition coefficient (Wildman–Crippen LogP) is 4.74. The number of amides is 3. The maximum absolute atomic E-state index is 11.0. The molecule has 0 aliphatic heterocycles. The van der Waals surface area contributed by atoms with Gasteiger partial charge in [-0.15, -0.1) is 0 Å². The van der Waals surface area contributed by atoms with Crippen molar-refractivity contribution in [1.82, 2.24) is 16.0 Å². The molecular formula is C24H51N3O7. The third-order valence-corrected chi connectivity index (χ3v) is 2.90. The first kappa shape index (κ1) is 36.3. The largest absolute Gasteiger partial charge is 0.444 e. The zero-order valence-corrected chi connectivity index (χ0v) is 23.3. The molecule has 0 aliphatic carbocycles. The van der Waals surface area contributed by atoms with E-state index in [1.54, 1.807) is 20.8 Å². The fourth-order valence-electron chi connectivity index (χ4n) is 1.69. The zero-order valence-electron chi connectivity index (χ0n) is 23.3. The predicted molar refractivity (Wildman–Crippen MR) is 135 cm³/mol. The molecule has 0 radical (unpaired) electrons. The minimum Gasteiger partial charge on any atom is -0.444 e. The second kappa shape index (κ2) is 19.1. The number of ether oxygens (including phenoxy) is 3. The van der Waals surface area contributed by atoms with Gasteiger partial charge in [-0.25, -0.2) is 14.4 Å². The minimum atomic E-state index is -0.494. The van der Waals surface area contributed by atoms with Gasteiger partial charge in [0.15, 0.2) is 0 Å². The monoisotopic (exact) mass is 493 g/mol. The zero-order chi connectivity index (χ0) is 27.4. The van der Waals surface area contributed by atoms with E-state index in [2.05, 4.69) is 22.9 Å². The molecule has 0 fully saturated rings. The van der Waals surface area contributed by atoms with Crippen molar-refractivity contribution in [2.45, 2.75) is 112 Å². The quantitative estimate of drug-likeness (QED) is 0.297. The fraction of sp³-hybridized carbons (Fsp3) is 0.875. The molecule has 0 spiro atoms. The summed E-state index contributed by atoms with van der Waals surface area (Å²) in [5.41, 5.74) is -1.26. The van der Waals surface area contributed by atoms with E-state index < -0.39 is 22.9 Å². The number of alkyl carbamates (subject to hydrolysis) is 3. The Morgan fingerprint density at radius 2 is 0.912 bits per heavy atom. The number of aliphatic hydroxyl groups excluding tert-OH is 1. The molecule has 0 saturated heterocycles.